The summed E-state index contributed by atoms with van der Waals surface area (Å²) in [6, 6.07) is 17.0. The molecule has 0 saturated carbocycles. The number of methoxy groups -OCH3 is 3. The summed E-state index contributed by atoms with van der Waals surface area (Å²) in [6.07, 6.45) is -2.50. The van der Waals surface area contributed by atoms with Crippen molar-refractivity contribution in [3.63, 3.8) is 0 Å². The Bertz CT molecular complexity index is 1760. The molecule has 12 nitrogen and oxygen atoms in total. The Morgan fingerprint density at radius 1 is 0.907 bits per heavy atom. The predicted octanol–water partition coefficient (Wildman–Crippen LogP) is 4.77. The molecule has 2 saturated heterocycles. The number of carbonyl (C=O) groups excluding carboxylic acids is 2. The number of carbonyl (C=O) groups is 2. The summed E-state index contributed by atoms with van der Waals surface area (Å²) in [4.78, 5) is 37.9. The molecule has 1 unspecified atom stereocenters. The Hall–Kier alpha value is -5.23. The molecule has 3 aromatic carbocycles. The molecule has 1 N–H and O–H groups in total. The summed E-state index contributed by atoms with van der Waals surface area (Å²) in [5.74, 6) is 1.02. The van der Waals surface area contributed by atoms with E-state index in [1.54, 1.807) is 44.6 Å². The number of ether oxygens (including phenoxy) is 7. The number of nitrogens with one attached hydrogen (secondary N) is 1. The van der Waals surface area contributed by atoms with Gasteiger partial charge >= 0.3 is 11.8 Å². The van der Waals surface area contributed by atoms with Gasteiger partial charge in [0.25, 0.3) is 5.91 Å². The number of rotatable bonds is 8. The lowest BCUT2D eigenvalue weighted by Gasteiger charge is -2.30. The molecule has 3 heterocycles. The molecule has 43 heavy (non-hydrogen) atoms. The number of amides is 1. The Morgan fingerprint density at radius 2 is 1.74 bits per heavy atom. The standard InChI is InChI=1S/C31H27NO11/c1-36-19-6-4-5-16(13-19)20-14-18(8-9-22(20)37-2)28(33)32-21-15-17-7-10-23(26(38-3)25(17)42-29(21)34)40-30-27-24(11-12-39-30)41-31(35)43-27/h4-10,13-15,24,27,30H,11-12H2,1-3H3,(H,32,33)/t24-,27-,30?/m1/s1. The van der Waals surface area contributed by atoms with Crippen LogP contribution in [-0.4, -0.2) is 58.5 Å². The fourth-order valence-electron chi connectivity index (χ4n) is 5.05. The van der Waals surface area contributed by atoms with Crippen LogP contribution in [0.5, 0.6) is 23.0 Å². The van der Waals surface area contributed by atoms with E-state index in [-0.39, 0.29) is 22.8 Å². The summed E-state index contributed by atoms with van der Waals surface area (Å²) in [5.41, 5.74) is 0.977. The van der Waals surface area contributed by atoms with Crippen LogP contribution in [-0.2, 0) is 14.2 Å². The van der Waals surface area contributed by atoms with Gasteiger partial charge < -0.3 is 42.9 Å². The Kier molecular flexibility index (Phi) is 7.51. The van der Waals surface area contributed by atoms with Crippen molar-refractivity contribution in [1.82, 2.24) is 0 Å². The van der Waals surface area contributed by atoms with Gasteiger partial charge in [-0.3, -0.25) is 4.79 Å². The minimum atomic E-state index is -0.951. The van der Waals surface area contributed by atoms with Gasteiger partial charge in [-0.1, -0.05) is 12.1 Å². The van der Waals surface area contributed by atoms with E-state index >= 15 is 0 Å². The zero-order chi connectivity index (χ0) is 30.1. The van der Waals surface area contributed by atoms with Gasteiger partial charge in [0.05, 0.1) is 27.9 Å². The van der Waals surface area contributed by atoms with Crippen LogP contribution in [0.1, 0.15) is 16.8 Å². The van der Waals surface area contributed by atoms with Crippen LogP contribution < -0.4 is 29.9 Å². The van der Waals surface area contributed by atoms with E-state index in [2.05, 4.69) is 5.32 Å². The molecule has 222 valence electrons. The summed E-state index contributed by atoms with van der Waals surface area (Å²) < 4.78 is 43.9. The van der Waals surface area contributed by atoms with Gasteiger partial charge in [0.15, 0.2) is 17.4 Å². The van der Waals surface area contributed by atoms with Crippen LogP contribution in [0.15, 0.2) is 69.9 Å². The number of anilines is 1. The zero-order valence-corrected chi connectivity index (χ0v) is 23.4. The minimum absolute atomic E-state index is 0.0690. The number of fused-ring (bicyclic) bond motifs is 2. The highest BCUT2D eigenvalue weighted by molar-refractivity contribution is 6.06. The maximum Gasteiger partial charge on any atom is 0.509 e. The fourth-order valence-corrected chi connectivity index (χ4v) is 5.05. The third kappa shape index (κ3) is 5.40. The van der Waals surface area contributed by atoms with Gasteiger partial charge in [-0.25, -0.2) is 9.59 Å². The van der Waals surface area contributed by atoms with Crippen molar-refractivity contribution in [2.75, 3.05) is 33.3 Å². The molecule has 4 aromatic rings. The zero-order valence-electron chi connectivity index (χ0n) is 23.4. The molecular weight excluding hydrogens is 562 g/mol. The van der Waals surface area contributed by atoms with E-state index in [0.29, 0.717) is 41.0 Å². The van der Waals surface area contributed by atoms with E-state index in [0.717, 1.165) is 5.56 Å². The predicted molar refractivity (Wildman–Crippen MR) is 152 cm³/mol. The molecule has 0 aliphatic carbocycles. The minimum Gasteiger partial charge on any atom is -0.497 e. The molecule has 0 radical (unpaired) electrons. The number of benzene rings is 3. The van der Waals surface area contributed by atoms with Crippen molar-refractivity contribution in [3.8, 4) is 34.1 Å². The van der Waals surface area contributed by atoms with E-state index in [1.807, 2.05) is 24.3 Å². The van der Waals surface area contributed by atoms with Crippen molar-refractivity contribution in [2.45, 2.75) is 24.9 Å². The van der Waals surface area contributed by atoms with Gasteiger partial charge in [0, 0.05) is 22.9 Å². The Morgan fingerprint density at radius 3 is 2.53 bits per heavy atom. The summed E-state index contributed by atoms with van der Waals surface area (Å²) in [5, 5.41) is 3.10. The van der Waals surface area contributed by atoms with E-state index in [9.17, 15) is 14.4 Å². The lowest BCUT2D eigenvalue weighted by atomic mass is 10.0. The van der Waals surface area contributed by atoms with Crippen molar-refractivity contribution in [1.29, 1.82) is 0 Å². The van der Waals surface area contributed by atoms with Crippen LogP contribution in [0, 0.1) is 0 Å². The second kappa shape index (κ2) is 11.6. The average Bonchev–Trinajstić information content (AvgIpc) is 3.42. The molecular formula is C31H27NO11. The maximum atomic E-state index is 13.3. The molecule has 12 heteroatoms. The average molecular weight is 590 g/mol. The van der Waals surface area contributed by atoms with E-state index < -0.39 is 36.2 Å². The Balaban J connectivity index is 1.27. The first-order chi connectivity index (χ1) is 20.9. The van der Waals surface area contributed by atoms with Crippen LogP contribution >= 0.6 is 0 Å². The molecule has 1 aromatic heterocycles. The first kappa shape index (κ1) is 27.9. The van der Waals surface area contributed by atoms with Gasteiger partial charge in [-0.15, -0.1) is 0 Å². The number of hydrogen-bond acceptors (Lipinski definition) is 11. The second-order valence-electron chi connectivity index (χ2n) is 9.70. The fraction of sp³-hybridized carbons (Fsp3) is 0.258. The SMILES string of the molecule is COc1cccc(-c2cc(C(=O)Nc3cc4ccc(OC5OCC[C@H]6OC(=O)O[C@@H]56)c(OC)c4oc3=O)ccc2OC)c1. The van der Waals surface area contributed by atoms with Gasteiger partial charge in [0.1, 0.15) is 17.2 Å². The molecule has 2 fully saturated rings. The molecule has 0 bridgehead atoms. The first-order valence-electron chi connectivity index (χ1n) is 13.3. The highest BCUT2D eigenvalue weighted by atomic mass is 16.8. The molecule has 0 spiro atoms. The maximum absolute atomic E-state index is 13.3. The smallest absolute Gasteiger partial charge is 0.497 e. The Labute approximate surface area is 244 Å². The van der Waals surface area contributed by atoms with Crippen molar-refractivity contribution < 1.29 is 47.2 Å². The van der Waals surface area contributed by atoms with Crippen molar-refractivity contribution >= 4 is 28.7 Å². The summed E-state index contributed by atoms with van der Waals surface area (Å²) in [6.45, 7) is 0.297. The lowest BCUT2D eigenvalue weighted by molar-refractivity contribution is -0.174. The third-order valence-corrected chi connectivity index (χ3v) is 7.16. The van der Waals surface area contributed by atoms with Crippen molar-refractivity contribution in [3.05, 3.63) is 76.6 Å². The van der Waals surface area contributed by atoms with Crippen LogP contribution in [0.2, 0.25) is 0 Å². The summed E-state index contributed by atoms with van der Waals surface area (Å²) in [7, 11) is 4.51. The monoisotopic (exact) mass is 589 g/mol. The number of hydrogen-bond donors (Lipinski definition) is 1. The van der Waals surface area contributed by atoms with Crippen molar-refractivity contribution in [2.24, 2.45) is 0 Å². The van der Waals surface area contributed by atoms with E-state index in [1.165, 1.54) is 13.2 Å². The summed E-state index contributed by atoms with van der Waals surface area (Å²) >= 11 is 0. The van der Waals surface area contributed by atoms with Gasteiger partial charge in [-0.2, -0.15) is 0 Å². The molecule has 1 amide bonds. The van der Waals surface area contributed by atoms with Gasteiger partial charge in [0.2, 0.25) is 18.1 Å². The molecule has 3 atom stereocenters. The normalized spacial score (nSPS) is 19.1. The molecule has 2 aliphatic heterocycles. The van der Waals surface area contributed by atoms with Crippen LogP contribution in [0.3, 0.4) is 0 Å². The molecule has 6 rings (SSSR count). The highest BCUT2D eigenvalue weighted by Gasteiger charge is 2.47. The highest BCUT2D eigenvalue weighted by Crippen LogP contribution is 2.38. The first-order valence-corrected chi connectivity index (χ1v) is 13.3. The molecule has 2 aliphatic rings. The van der Waals surface area contributed by atoms with Gasteiger partial charge in [-0.05, 0) is 54.1 Å². The quantitative estimate of drug-likeness (QED) is 0.224. The third-order valence-electron chi connectivity index (χ3n) is 7.16. The van der Waals surface area contributed by atoms with E-state index in [4.69, 9.17) is 37.6 Å². The lowest BCUT2D eigenvalue weighted by Crippen LogP contribution is -2.45. The largest absolute Gasteiger partial charge is 0.509 e. The topological polar surface area (TPSA) is 141 Å². The second-order valence-corrected chi connectivity index (χ2v) is 9.70. The van der Waals surface area contributed by atoms with Crippen LogP contribution in [0.4, 0.5) is 10.5 Å². The van der Waals surface area contributed by atoms with Crippen LogP contribution in [0.25, 0.3) is 22.1 Å².